The van der Waals surface area contributed by atoms with Gasteiger partial charge < -0.3 is 10.2 Å². The van der Waals surface area contributed by atoms with Crippen molar-refractivity contribution in [1.29, 1.82) is 0 Å². The molecule has 2 rings (SSSR count). The van der Waals surface area contributed by atoms with Crippen LogP contribution in [0.4, 0.5) is 0 Å². The summed E-state index contributed by atoms with van der Waals surface area (Å²) in [5, 5.41) is 2.42. The number of hydrogen-bond donors (Lipinski definition) is 2. The molecule has 0 atom stereocenters. The maximum Gasteiger partial charge on any atom is 0.127 e. The minimum absolute atomic E-state index is 0.644. The van der Waals surface area contributed by atoms with Crippen molar-refractivity contribution < 1.29 is 10.2 Å². The molecule has 0 spiro atoms. The summed E-state index contributed by atoms with van der Waals surface area (Å²) in [7, 11) is 0. The van der Waals surface area contributed by atoms with Crippen molar-refractivity contribution in [1.82, 2.24) is 0 Å². The molecule has 0 unspecified atom stereocenters. The van der Waals surface area contributed by atoms with Crippen LogP contribution in [0.1, 0.15) is 30.9 Å². The Morgan fingerprint density at radius 3 is 2.31 bits per heavy atom. The lowest BCUT2D eigenvalue weighted by atomic mass is 10.0. The number of quaternary nitrogens is 2. The third-order valence-corrected chi connectivity index (χ3v) is 3.50. The van der Waals surface area contributed by atoms with E-state index < -0.39 is 0 Å². The Balaban J connectivity index is 1.93. The molecular formula is C14H24N2+2. The fourth-order valence-corrected chi connectivity index (χ4v) is 2.37. The van der Waals surface area contributed by atoms with Crippen molar-refractivity contribution in [2.24, 2.45) is 0 Å². The topological polar surface area (TPSA) is 21.1 Å². The lowest BCUT2D eigenvalue weighted by Gasteiger charge is -2.22. The molecule has 1 saturated heterocycles. The molecule has 2 heteroatoms. The smallest absolute Gasteiger partial charge is 0.127 e. The summed E-state index contributed by atoms with van der Waals surface area (Å²) in [4.78, 5) is 1.74. The average Bonchev–Trinajstić information content (AvgIpc) is 2.31. The van der Waals surface area contributed by atoms with Gasteiger partial charge in [0.25, 0.3) is 0 Å². The van der Waals surface area contributed by atoms with E-state index in [0.29, 0.717) is 5.92 Å². The van der Waals surface area contributed by atoms with Gasteiger partial charge in [0, 0.05) is 5.56 Å². The van der Waals surface area contributed by atoms with Gasteiger partial charge in [-0.05, 0) is 11.5 Å². The minimum atomic E-state index is 0.644. The van der Waals surface area contributed by atoms with Gasteiger partial charge in [0.05, 0.1) is 0 Å². The molecule has 1 heterocycles. The lowest BCUT2D eigenvalue weighted by Crippen LogP contribution is -3.19. The summed E-state index contributed by atoms with van der Waals surface area (Å²) in [5.41, 5.74) is 2.94. The summed E-state index contributed by atoms with van der Waals surface area (Å²) < 4.78 is 0. The van der Waals surface area contributed by atoms with Crippen LogP contribution in [0.15, 0.2) is 24.3 Å². The second-order valence-corrected chi connectivity index (χ2v) is 5.19. The molecule has 1 aliphatic heterocycles. The van der Waals surface area contributed by atoms with Crippen LogP contribution in [0.5, 0.6) is 0 Å². The third-order valence-electron chi connectivity index (χ3n) is 3.50. The van der Waals surface area contributed by atoms with Crippen LogP contribution in [0.25, 0.3) is 0 Å². The molecule has 0 amide bonds. The van der Waals surface area contributed by atoms with Gasteiger partial charge in [-0.25, -0.2) is 0 Å². The fourth-order valence-electron chi connectivity index (χ4n) is 2.37. The largest absolute Gasteiger partial charge is 0.337 e. The van der Waals surface area contributed by atoms with Crippen LogP contribution in [0.3, 0.4) is 0 Å². The standard InChI is InChI=1S/C14H22N2/c1-12(2)14-5-3-13(4-6-14)11-16-9-7-15-8-10-16/h3-6,12,15H,7-11H2,1-2H3/p+2. The number of benzene rings is 1. The van der Waals surface area contributed by atoms with E-state index in [0.717, 1.165) is 0 Å². The van der Waals surface area contributed by atoms with Crippen molar-refractivity contribution in [2.45, 2.75) is 26.3 Å². The number of rotatable bonds is 3. The Morgan fingerprint density at radius 2 is 1.75 bits per heavy atom. The highest BCUT2D eigenvalue weighted by Gasteiger charge is 2.15. The summed E-state index contributed by atoms with van der Waals surface area (Å²) in [6.45, 7) is 10.9. The van der Waals surface area contributed by atoms with E-state index in [1.165, 1.54) is 43.9 Å². The molecule has 1 aliphatic rings. The molecule has 16 heavy (non-hydrogen) atoms. The van der Waals surface area contributed by atoms with Gasteiger partial charge >= 0.3 is 0 Å². The highest BCUT2D eigenvalue weighted by molar-refractivity contribution is 5.24. The van der Waals surface area contributed by atoms with Crippen molar-refractivity contribution in [3.63, 3.8) is 0 Å². The van der Waals surface area contributed by atoms with E-state index in [2.05, 4.69) is 43.4 Å². The van der Waals surface area contributed by atoms with E-state index in [4.69, 9.17) is 0 Å². The maximum atomic E-state index is 2.42. The zero-order valence-corrected chi connectivity index (χ0v) is 10.5. The Morgan fingerprint density at radius 1 is 1.12 bits per heavy atom. The Kier molecular flexibility index (Phi) is 3.97. The van der Waals surface area contributed by atoms with Gasteiger partial charge in [-0.3, -0.25) is 0 Å². The Labute approximate surface area is 98.7 Å². The van der Waals surface area contributed by atoms with E-state index in [1.807, 2.05) is 0 Å². The van der Waals surface area contributed by atoms with Gasteiger partial charge in [-0.1, -0.05) is 38.1 Å². The number of nitrogens with one attached hydrogen (secondary N) is 1. The fraction of sp³-hybridized carbons (Fsp3) is 0.571. The van der Waals surface area contributed by atoms with E-state index >= 15 is 0 Å². The van der Waals surface area contributed by atoms with Gasteiger partial charge in [0.1, 0.15) is 32.7 Å². The van der Waals surface area contributed by atoms with Crippen molar-refractivity contribution in [3.05, 3.63) is 35.4 Å². The predicted molar refractivity (Wildman–Crippen MR) is 66.6 cm³/mol. The van der Waals surface area contributed by atoms with Crippen LogP contribution in [0.2, 0.25) is 0 Å². The monoisotopic (exact) mass is 220 g/mol. The molecule has 1 aromatic rings. The SMILES string of the molecule is CC(C)c1ccc(C[NH+]2CC[NH2+]CC2)cc1. The first kappa shape index (κ1) is 11.6. The first-order valence-electron chi connectivity index (χ1n) is 6.50. The van der Waals surface area contributed by atoms with Gasteiger partial charge in [0.2, 0.25) is 0 Å². The van der Waals surface area contributed by atoms with E-state index in [-0.39, 0.29) is 0 Å². The normalized spacial score (nSPS) is 17.9. The molecule has 0 aromatic heterocycles. The second kappa shape index (κ2) is 5.46. The average molecular weight is 220 g/mol. The van der Waals surface area contributed by atoms with Crippen molar-refractivity contribution in [2.75, 3.05) is 26.2 Å². The van der Waals surface area contributed by atoms with E-state index in [1.54, 1.807) is 4.90 Å². The van der Waals surface area contributed by atoms with Crippen LogP contribution < -0.4 is 10.2 Å². The maximum absolute atomic E-state index is 2.42. The van der Waals surface area contributed by atoms with E-state index in [9.17, 15) is 0 Å². The van der Waals surface area contributed by atoms with Crippen molar-refractivity contribution >= 4 is 0 Å². The van der Waals surface area contributed by atoms with Gasteiger partial charge in [0.15, 0.2) is 0 Å². The van der Waals surface area contributed by atoms with Crippen LogP contribution >= 0.6 is 0 Å². The first-order valence-corrected chi connectivity index (χ1v) is 6.50. The first-order chi connectivity index (χ1) is 7.75. The zero-order chi connectivity index (χ0) is 11.4. The highest BCUT2D eigenvalue weighted by Crippen LogP contribution is 2.14. The number of hydrogen-bond acceptors (Lipinski definition) is 0. The van der Waals surface area contributed by atoms with Crippen LogP contribution in [-0.2, 0) is 6.54 Å². The molecule has 88 valence electrons. The summed E-state index contributed by atoms with van der Waals surface area (Å²) in [6.07, 6.45) is 0. The molecule has 3 N–H and O–H groups in total. The molecule has 0 bridgehead atoms. The number of piperazine rings is 1. The minimum Gasteiger partial charge on any atom is -0.337 e. The Hall–Kier alpha value is -0.860. The third kappa shape index (κ3) is 3.06. The van der Waals surface area contributed by atoms with Crippen LogP contribution in [0, 0.1) is 0 Å². The molecule has 1 fully saturated rings. The van der Waals surface area contributed by atoms with Crippen LogP contribution in [-0.4, -0.2) is 26.2 Å². The van der Waals surface area contributed by atoms with Gasteiger partial charge in [-0.15, -0.1) is 0 Å². The lowest BCUT2D eigenvalue weighted by molar-refractivity contribution is -0.958. The highest BCUT2D eigenvalue weighted by atomic mass is 15.2. The quantitative estimate of drug-likeness (QED) is 0.702. The van der Waals surface area contributed by atoms with Crippen molar-refractivity contribution in [3.8, 4) is 0 Å². The molecular weight excluding hydrogens is 196 g/mol. The zero-order valence-electron chi connectivity index (χ0n) is 10.5. The molecule has 0 saturated carbocycles. The molecule has 0 aliphatic carbocycles. The molecule has 2 nitrogen and oxygen atoms in total. The molecule has 1 aromatic carbocycles. The predicted octanol–water partition coefficient (Wildman–Crippen LogP) is -0.228. The summed E-state index contributed by atoms with van der Waals surface area (Å²) in [5.74, 6) is 0.644. The summed E-state index contributed by atoms with van der Waals surface area (Å²) in [6, 6.07) is 9.19. The van der Waals surface area contributed by atoms with Gasteiger partial charge in [-0.2, -0.15) is 0 Å². The summed E-state index contributed by atoms with van der Waals surface area (Å²) >= 11 is 0. The Bertz CT molecular complexity index is 310. The number of nitrogens with two attached hydrogens (primary N) is 1. The second-order valence-electron chi connectivity index (χ2n) is 5.19. The molecule has 0 radical (unpaired) electrons.